The van der Waals surface area contributed by atoms with E-state index in [0.717, 1.165) is 11.3 Å². The number of terminal acetylenes is 1. The first-order valence-electron chi connectivity index (χ1n) is 15.1. The fourth-order valence-electron chi connectivity index (χ4n) is 4.79. The Bertz CT molecular complexity index is 1810. The molecule has 49 heavy (non-hydrogen) atoms. The Balaban J connectivity index is 1.69. The van der Waals surface area contributed by atoms with Gasteiger partial charge in [-0.05, 0) is 48.4 Å². The van der Waals surface area contributed by atoms with Gasteiger partial charge < -0.3 is 45.1 Å². The van der Waals surface area contributed by atoms with Gasteiger partial charge in [0.1, 0.15) is 37.3 Å². The Morgan fingerprint density at radius 3 is 2.20 bits per heavy atom. The molecule has 2 atom stereocenters. The molecule has 0 aliphatic rings. The highest BCUT2D eigenvalue weighted by atomic mass is 16.5. The molecule has 1 aromatic heterocycles. The van der Waals surface area contributed by atoms with Gasteiger partial charge in [-0.15, -0.1) is 6.42 Å². The summed E-state index contributed by atoms with van der Waals surface area (Å²) in [5, 5.41) is 21.8. The number of carboxylic acids is 2. The van der Waals surface area contributed by atoms with Gasteiger partial charge in [0, 0.05) is 49.2 Å². The molecule has 1 heterocycles. The Labute approximate surface area is 282 Å². The van der Waals surface area contributed by atoms with Crippen LogP contribution in [0.2, 0.25) is 0 Å². The number of rotatable bonds is 18. The summed E-state index contributed by atoms with van der Waals surface area (Å²) in [4.78, 5) is 46.6. The average molecular weight is 672 g/mol. The van der Waals surface area contributed by atoms with Crippen molar-refractivity contribution in [1.29, 1.82) is 0 Å². The molecule has 5 N–H and O–H groups in total. The van der Waals surface area contributed by atoms with Crippen molar-refractivity contribution in [2.75, 3.05) is 50.9 Å². The molecule has 0 aliphatic heterocycles. The van der Waals surface area contributed by atoms with E-state index in [2.05, 4.69) is 21.2 Å². The Kier molecular flexibility index (Phi) is 12.8. The molecule has 0 bridgehead atoms. The zero-order valence-electron chi connectivity index (χ0n) is 27.0. The number of nitrogens with one attached hydrogen (secondary N) is 1. The second-order valence-electron chi connectivity index (χ2n) is 10.7. The Morgan fingerprint density at radius 1 is 0.918 bits per heavy atom. The molecule has 14 nitrogen and oxygen atoms in total. The number of hydrogen-bond donors (Lipinski definition) is 4. The van der Waals surface area contributed by atoms with Gasteiger partial charge in [0.05, 0.1) is 18.7 Å². The number of aromatic nitrogens is 2. The lowest BCUT2D eigenvalue weighted by Gasteiger charge is -2.26. The monoisotopic (exact) mass is 671 g/mol. The van der Waals surface area contributed by atoms with Gasteiger partial charge in [-0.25, -0.2) is 9.97 Å². The van der Waals surface area contributed by atoms with Crippen LogP contribution in [0.5, 0.6) is 11.5 Å². The van der Waals surface area contributed by atoms with Gasteiger partial charge >= 0.3 is 11.9 Å². The van der Waals surface area contributed by atoms with E-state index >= 15 is 0 Å². The van der Waals surface area contributed by atoms with Crippen molar-refractivity contribution in [3.8, 4) is 23.8 Å². The van der Waals surface area contributed by atoms with Crippen molar-refractivity contribution >= 4 is 45.9 Å². The quantitative estimate of drug-likeness (QED) is 0.0683. The van der Waals surface area contributed by atoms with E-state index in [1.165, 1.54) is 6.33 Å². The summed E-state index contributed by atoms with van der Waals surface area (Å²) in [6, 6.07) is 16.2. The number of nitrogens with zero attached hydrogens (tertiary/aromatic N) is 3. The van der Waals surface area contributed by atoms with Gasteiger partial charge in [0.2, 0.25) is 5.91 Å². The number of hydrogen-bond acceptors (Lipinski definition) is 11. The van der Waals surface area contributed by atoms with E-state index in [1.54, 1.807) is 44.6 Å². The normalized spacial score (nSPS) is 12.0. The van der Waals surface area contributed by atoms with E-state index in [9.17, 15) is 19.5 Å². The smallest absolute Gasteiger partial charge is 0.320 e. The van der Waals surface area contributed by atoms with Gasteiger partial charge in [0.25, 0.3) is 0 Å². The van der Waals surface area contributed by atoms with Gasteiger partial charge in [-0.3, -0.25) is 14.4 Å². The van der Waals surface area contributed by atoms with Crippen molar-refractivity contribution in [1.82, 2.24) is 9.97 Å². The molecule has 0 fully saturated rings. The fraction of sp³-hybridized carbons (Fsp3) is 0.286. The van der Waals surface area contributed by atoms with Crippen LogP contribution < -0.4 is 25.4 Å². The minimum absolute atomic E-state index is 0.280. The van der Waals surface area contributed by atoms with E-state index in [0.29, 0.717) is 65.8 Å². The van der Waals surface area contributed by atoms with Crippen LogP contribution in [0.25, 0.3) is 10.9 Å². The van der Waals surface area contributed by atoms with Gasteiger partial charge in [-0.2, -0.15) is 0 Å². The minimum atomic E-state index is -1.65. The predicted molar refractivity (Wildman–Crippen MR) is 181 cm³/mol. The molecule has 1 unspecified atom stereocenters. The molecule has 0 radical (unpaired) electrons. The molecular weight excluding hydrogens is 634 g/mol. The number of fused-ring (bicyclic) bond motifs is 1. The van der Waals surface area contributed by atoms with E-state index in [1.807, 2.05) is 35.2 Å². The summed E-state index contributed by atoms with van der Waals surface area (Å²) in [6.45, 7) is 1.62. The van der Waals surface area contributed by atoms with Crippen molar-refractivity contribution in [2.45, 2.75) is 19.0 Å². The largest absolute Gasteiger partial charge is 0.487 e. The molecule has 4 rings (SSSR count). The molecular formula is C35H37N5O9. The summed E-state index contributed by atoms with van der Waals surface area (Å²) < 4.78 is 22.3. The van der Waals surface area contributed by atoms with Crippen molar-refractivity contribution < 1.29 is 43.5 Å². The summed E-state index contributed by atoms with van der Waals surface area (Å²) in [5.41, 5.74) is 8.60. The molecule has 0 spiro atoms. The lowest BCUT2D eigenvalue weighted by molar-refractivity contribution is -0.146. The Hall–Kier alpha value is -5.75. The van der Waals surface area contributed by atoms with Crippen LogP contribution in [0.3, 0.4) is 0 Å². The molecule has 1 amide bonds. The number of aliphatic carboxylic acids is 2. The molecule has 0 aliphatic carbocycles. The highest BCUT2D eigenvalue weighted by molar-refractivity contribution is 6.04. The maximum absolute atomic E-state index is 12.7. The number of methoxy groups -OCH3 is 2. The molecule has 14 heteroatoms. The third-order valence-electron chi connectivity index (χ3n) is 7.33. The number of benzene rings is 3. The molecule has 256 valence electrons. The van der Waals surface area contributed by atoms with E-state index in [4.69, 9.17) is 36.2 Å². The van der Waals surface area contributed by atoms with Crippen molar-refractivity contribution in [2.24, 2.45) is 11.7 Å². The first-order valence-corrected chi connectivity index (χ1v) is 15.1. The second-order valence-corrected chi connectivity index (χ2v) is 10.7. The third-order valence-corrected chi connectivity index (χ3v) is 7.33. The number of carbonyl (C=O) groups excluding carboxylic acids is 1. The number of carboxylic acid groups (broad SMARTS) is 2. The van der Waals surface area contributed by atoms with Crippen LogP contribution in [0.4, 0.5) is 17.2 Å². The predicted octanol–water partition coefficient (Wildman–Crippen LogP) is 3.44. The number of anilines is 3. The lowest BCUT2D eigenvalue weighted by Crippen LogP contribution is -2.39. The van der Waals surface area contributed by atoms with E-state index < -0.39 is 36.2 Å². The van der Waals surface area contributed by atoms with Gasteiger partial charge in [-0.1, -0.05) is 24.1 Å². The molecule has 4 aromatic rings. The lowest BCUT2D eigenvalue weighted by atomic mass is 9.99. The highest BCUT2D eigenvalue weighted by Gasteiger charge is 2.31. The first-order chi connectivity index (χ1) is 23.6. The number of ether oxygens (including phenoxy) is 4. The standard InChI is InChI=1S/C35H37N5O9/c1-4-22-6-5-7-25(16-22)40(20-23-8-10-24(11-9-23)39-33(41)27(34(42)43)17-28(36)35(44)45)32-26-18-30(48-14-12-46-2)31(49-15-13-47-3)19-29(26)37-21-38-32/h1,5-11,16,18-19,21,27-28H,12-15,17,20,36H2,2-3H3,(H,39,41)(H,42,43)(H,44,45)/t27?,28-/m1/s1. The van der Waals surface area contributed by atoms with Crippen LogP contribution >= 0.6 is 0 Å². The SMILES string of the molecule is C#Cc1cccc(N(Cc2ccc(NC(=O)C(C[C@@H](N)C(=O)O)C(=O)O)cc2)c2ncnc3cc(OCCOC)c(OCCOC)cc23)c1. The Morgan fingerprint density at radius 2 is 1.59 bits per heavy atom. The summed E-state index contributed by atoms with van der Waals surface area (Å²) in [5.74, 6) is -1.24. The maximum Gasteiger partial charge on any atom is 0.320 e. The average Bonchev–Trinajstić information content (AvgIpc) is 3.10. The first kappa shape index (κ1) is 36.1. The van der Waals surface area contributed by atoms with Crippen LogP contribution in [-0.4, -0.2) is 84.7 Å². The van der Waals surface area contributed by atoms with E-state index in [-0.39, 0.29) is 6.61 Å². The maximum atomic E-state index is 12.7. The van der Waals surface area contributed by atoms with Crippen LogP contribution in [0, 0.1) is 18.3 Å². The summed E-state index contributed by atoms with van der Waals surface area (Å²) >= 11 is 0. The zero-order valence-corrected chi connectivity index (χ0v) is 27.0. The van der Waals surface area contributed by atoms with Crippen LogP contribution in [-0.2, 0) is 30.4 Å². The van der Waals surface area contributed by atoms with Gasteiger partial charge in [0.15, 0.2) is 11.5 Å². The fourth-order valence-corrected chi connectivity index (χ4v) is 4.79. The molecule has 0 saturated heterocycles. The summed E-state index contributed by atoms with van der Waals surface area (Å²) in [6.07, 6.45) is 6.62. The van der Waals surface area contributed by atoms with Crippen molar-refractivity contribution in [3.05, 3.63) is 78.1 Å². The highest BCUT2D eigenvalue weighted by Crippen LogP contribution is 2.38. The third kappa shape index (κ3) is 9.64. The topological polar surface area (TPSA) is 196 Å². The second kappa shape index (κ2) is 17.4. The number of amides is 1. The van der Waals surface area contributed by atoms with Crippen molar-refractivity contribution in [3.63, 3.8) is 0 Å². The molecule has 0 saturated carbocycles. The number of nitrogens with two attached hydrogens (primary N) is 1. The zero-order chi connectivity index (χ0) is 35.3. The minimum Gasteiger partial charge on any atom is -0.487 e. The van der Waals surface area contributed by atoms with Crippen LogP contribution in [0.15, 0.2) is 67.0 Å². The number of carbonyl (C=O) groups is 3. The van der Waals surface area contributed by atoms with Crippen LogP contribution in [0.1, 0.15) is 17.5 Å². The molecule has 3 aromatic carbocycles. The summed E-state index contributed by atoms with van der Waals surface area (Å²) in [7, 11) is 3.17.